The third-order valence-electron chi connectivity index (χ3n) is 4.52. The number of pyridine rings is 1. The van der Waals surface area contributed by atoms with Gasteiger partial charge in [-0.05, 0) is 55.2 Å². The highest BCUT2D eigenvalue weighted by Crippen LogP contribution is 2.38. The summed E-state index contributed by atoms with van der Waals surface area (Å²) >= 11 is 0. The second kappa shape index (κ2) is 6.63. The molecule has 5 nitrogen and oxygen atoms in total. The van der Waals surface area contributed by atoms with Crippen molar-refractivity contribution in [2.75, 3.05) is 17.3 Å². The Morgan fingerprint density at radius 3 is 3.00 bits per heavy atom. The Morgan fingerprint density at radius 1 is 1.25 bits per heavy atom. The molecule has 24 heavy (non-hydrogen) atoms. The highest BCUT2D eigenvalue weighted by Gasteiger charge is 2.32. The van der Waals surface area contributed by atoms with Crippen LogP contribution in [-0.4, -0.2) is 17.8 Å². The number of hydrogen-bond acceptors (Lipinski definition) is 5. The minimum Gasteiger partial charge on any atom is -0.399 e. The van der Waals surface area contributed by atoms with Crippen LogP contribution in [0.5, 0.6) is 0 Å². The summed E-state index contributed by atoms with van der Waals surface area (Å²) in [7, 11) is 0. The van der Waals surface area contributed by atoms with Crippen LogP contribution in [0.1, 0.15) is 36.6 Å². The second-order valence-corrected chi connectivity index (χ2v) is 6.23. The number of hydrazine groups is 1. The summed E-state index contributed by atoms with van der Waals surface area (Å²) in [5.41, 5.74) is 13.6. The maximum absolute atomic E-state index is 6.01. The van der Waals surface area contributed by atoms with E-state index in [4.69, 9.17) is 10.5 Å². The van der Waals surface area contributed by atoms with Gasteiger partial charge in [0, 0.05) is 18.5 Å². The zero-order chi connectivity index (χ0) is 16.4. The smallest absolute Gasteiger partial charge is 0.144 e. The molecule has 0 aliphatic carbocycles. The van der Waals surface area contributed by atoms with Crippen LogP contribution in [0, 0.1) is 0 Å². The van der Waals surface area contributed by atoms with Crippen LogP contribution in [-0.2, 0) is 4.74 Å². The molecule has 1 fully saturated rings. The van der Waals surface area contributed by atoms with Crippen LogP contribution in [0.15, 0.2) is 48.7 Å². The molecule has 1 aromatic carbocycles. The van der Waals surface area contributed by atoms with Crippen LogP contribution in [0.4, 0.5) is 11.4 Å². The van der Waals surface area contributed by atoms with Crippen LogP contribution < -0.4 is 16.2 Å². The minimum absolute atomic E-state index is 0.0625. The number of rotatable bonds is 3. The molecule has 1 aromatic heterocycles. The zero-order valence-corrected chi connectivity index (χ0v) is 13.6. The van der Waals surface area contributed by atoms with Crippen molar-refractivity contribution >= 4 is 17.5 Å². The van der Waals surface area contributed by atoms with Crippen LogP contribution in [0.2, 0.25) is 0 Å². The van der Waals surface area contributed by atoms with Crippen LogP contribution in [0.25, 0.3) is 6.08 Å². The molecule has 2 aliphatic heterocycles. The molecular formula is C19H22N4O. The molecule has 5 heteroatoms. The van der Waals surface area contributed by atoms with E-state index in [1.54, 1.807) is 6.20 Å². The number of aromatic nitrogens is 1. The number of benzene rings is 1. The van der Waals surface area contributed by atoms with Gasteiger partial charge < -0.3 is 10.5 Å². The Kier molecular flexibility index (Phi) is 4.19. The molecule has 0 radical (unpaired) electrons. The number of fused-ring (bicyclic) bond motifs is 1. The Bertz CT molecular complexity index is 725. The van der Waals surface area contributed by atoms with Gasteiger partial charge in [0.05, 0.1) is 17.4 Å². The van der Waals surface area contributed by atoms with Crippen molar-refractivity contribution in [3.05, 3.63) is 59.9 Å². The molecule has 4 rings (SSSR count). The summed E-state index contributed by atoms with van der Waals surface area (Å²) < 4.78 is 5.96. The Labute approximate surface area is 142 Å². The predicted octanol–water partition coefficient (Wildman–Crippen LogP) is 3.27. The van der Waals surface area contributed by atoms with Crippen LogP contribution in [0.3, 0.4) is 0 Å². The summed E-state index contributed by atoms with van der Waals surface area (Å²) in [6, 6.07) is 12.1. The maximum atomic E-state index is 6.01. The van der Waals surface area contributed by atoms with Crippen molar-refractivity contribution in [2.24, 2.45) is 0 Å². The number of nitrogen functional groups attached to an aromatic ring is 1. The average Bonchev–Trinajstić information content (AvgIpc) is 2.99. The van der Waals surface area contributed by atoms with Gasteiger partial charge in [0.1, 0.15) is 6.23 Å². The van der Waals surface area contributed by atoms with Gasteiger partial charge in [-0.25, -0.2) is 5.43 Å². The largest absolute Gasteiger partial charge is 0.399 e. The number of hydrogen-bond donors (Lipinski definition) is 2. The molecule has 2 aliphatic rings. The number of ether oxygens (including phenoxy) is 1. The first-order valence-electron chi connectivity index (χ1n) is 8.47. The number of nitrogens with one attached hydrogen (secondary N) is 1. The lowest BCUT2D eigenvalue weighted by atomic mass is 10.0. The first kappa shape index (κ1) is 15.2. The quantitative estimate of drug-likeness (QED) is 0.849. The molecule has 0 spiro atoms. The van der Waals surface area contributed by atoms with Crippen molar-refractivity contribution in [2.45, 2.75) is 31.5 Å². The maximum Gasteiger partial charge on any atom is 0.144 e. The molecule has 3 heterocycles. The molecule has 2 unspecified atom stereocenters. The van der Waals surface area contributed by atoms with Crippen molar-refractivity contribution in [3.63, 3.8) is 0 Å². The van der Waals surface area contributed by atoms with Crippen molar-refractivity contribution in [3.8, 4) is 0 Å². The SMILES string of the molecule is Nc1ccc2c(c1)N(C1CCCCO1)NC2/C=C/c1ccccn1. The van der Waals surface area contributed by atoms with E-state index in [1.165, 1.54) is 12.0 Å². The van der Waals surface area contributed by atoms with Crippen molar-refractivity contribution < 1.29 is 4.74 Å². The lowest BCUT2D eigenvalue weighted by Crippen LogP contribution is -2.45. The van der Waals surface area contributed by atoms with Gasteiger partial charge in [0.15, 0.2) is 0 Å². The van der Waals surface area contributed by atoms with Gasteiger partial charge in [0.2, 0.25) is 0 Å². The van der Waals surface area contributed by atoms with E-state index < -0.39 is 0 Å². The monoisotopic (exact) mass is 322 g/mol. The molecular weight excluding hydrogens is 300 g/mol. The zero-order valence-electron chi connectivity index (χ0n) is 13.6. The molecule has 2 aromatic rings. The van der Waals surface area contributed by atoms with Gasteiger partial charge in [0.25, 0.3) is 0 Å². The van der Waals surface area contributed by atoms with Crippen molar-refractivity contribution in [1.29, 1.82) is 0 Å². The van der Waals surface area contributed by atoms with Gasteiger partial charge in [-0.3, -0.25) is 9.99 Å². The molecule has 0 bridgehead atoms. The highest BCUT2D eigenvalue weighted by atomic mass is 16.5. The van der Waals surface area contributed by atoms with E-state index in [1.807, 2.05) is 36.4 Å². The summed E-state index contributed by atoms with van der Waals surface area (Å²) in [5, 5.41) is 2.14. The van der Waals surface area contributed by atoms with Gasteiger partial charge in [-0.1, -0.05) is 18.2 Å². The fraction of sp³-hybridized carbons (Fsp3) is 0.316. The fourth-order valence-corrected chi connectivity index (χ4v) is 3.30. The van der Waals surface area contributed by atoms with Crippen molar-refractivity contribution in [1.82, 2.24) is 10.4 Å². The van der Waals surface area contributed by atoms with E-state index in [0.29, 0.717) is 0 Å². The summed E-state index contributed by atoms with van der Waals surface area (Å²) in [5.74, 6) is 0. The van der Waals surface area contributed by atoms with E-state index in [2.05, 4.69) is 27.6 Å². The number of anilines is 2. The number of nitrogens with zero attached hydrogens (tertiary/aromatic N) is 2. The minimum atomic E-state index is 0.0625. The lowest BCUT2D eigenvalue weighted by Gasteiger charge is -2.33. The summed E-state index contributed by atoms with van der Waals surface area (Å²) in [4.78, 5) is 4.35. The molecule has 0 amide bonds. The van der Waals surface area contributed by atoms with Gasteiger partial charge >= 0.3 is 0 Å². The predicted molar refractivity (Wildman–Crippen MR) is 96.1 cm³/mol. The normalized spacial score (nSPS) is 23.6. The average molecular weight is 322 g/mol. The highest BCUT2D eigenvalue weighted by molar-refractivity contribution is 5.66. The first-order valence-corrected chi connectivity index (χ1v) is 8.47. The molecule has 0 saturated carbocycles. The Hall–Kier alpha value is -2.37. The topological polar surface area (TPSA) is 63.4 Å². The van der Waals surface area contributed by atoms with E-state index in [0.717, 1.165) is 36.5 Å². The third-order valence-corrected chi connectivity index (χ3v) is 4.52. The summed E-state index contributed by atoms with van der Waals surface area (Å²) in [6.07, 6.45) is 9.40. The van der Waals surface area contributed by atoms with E-state index in [9.17, 15) is 0 Å². The standard InChI is InChI=1S/C19H22N4O/c20-14-7-9-16-17(10-8-15-5-1-3-11-21-15)22-23(18(16)13-14)19-6-2-4-12-24-19/h1,3,5,7-11,13,17,19,22H,2,4,6,12,20H2/b10-8+. The van der Waals surface area contributed by atoms with Gasteiger partial charge in [-0.15, -0.1) is 0 Å². The molecule has 3 N–H and O–H groups in total. The second-order valence-electron chi connectivity index (χ2n) is 6.23. The van der Waals surface area contributed by atoms with E-state index >= 15 is 0 Å². The molecule has 2 atom stereocenters. The van der Waals surface area contributed by atoms with E-state index in [-0.39, 0.29) is 12.3 Å². The van der Waals surface area contributed by atoms with Crippen LogP contribution >= 0.6 is 0 Å². The third kappa shape index (κ3) is 3.00. The fourth-order valence-electron chi connectivity index (χ4n) is 3.30. The summed E-state index contributed by atoms with van der Waals surface area (Å²) in [6.45, 7) is 0.814. The Balaban J connectivity index is 1.61. The Morgan fingerprint density at radius 2 is 2.21 bits per heavy atom. The molecule has 124 valence electrons. The first-order chi connectivity index (χ1) is 11.8. The lowest BCUT2D eigenvalue weighted by molar-refractivity contribution is 0.00870. The molecule has 1 saturated heterocycles. The van der Waals surface area contributed by atoms with Gasteiger partial charge in [-0.2, -0.15) is 0 Å². The number of nitrogens with two attached hydrogens (primary N) is 1.